The van der Waals surface area contributed by atoms with E-state index in [2.05, 4.69) is 25.4 Å². The number of rotatable bonds is 2. The van der Waals surface area contributed by atoms with Crippen LogP contribution in [0.4, 0.5) is 0 Å². The lowest BCUT2D eigenvalue weighted by Crippen LogP contribution is -2.14. The first-order valence-corrected chi connectivity index (χ1v) is 9.69. The quantitative estimate of drug-likeness (QED) is 0.462. The smallest absolute Gasteiger partial charge is 0.244 e. The van der Waals surface area contributed by atoms with Crippen molar-refractivity contribution in [1.82, 2.24) is 39.6 Å². The van der Waals surface area contributed by atoms with Gasteiger partial charge >= 0.3 is 0 Å². The van der Waals surface area contributed by atoms with E-state index >= 15 is 0 Å². The van der Waals surface area contributed by atoms with E-state index in [0.29, 0.717) is 28.3 Å². The Labute approximate surface area is 175 Å². The predicted molar refractivity (Wildman–Crippen MR) is 109 cm³/mol. The van der Waals surface area contributed by atoms with Crippen molar-refractivity contribution >= 4 is 17.2 Å². The summed E-state index contributed by atoms with van der Waals surface area (Å²) in [5, 5.41) is 16.9. The monoisotopic (exact) mass is 418 g/mol. The fourth-order valence-corrected chi connectivity index (χ4v) is 4.16. The predicted octanol–water partition coefficient (Wildman–Crippen LogP) is 3.50. The number of hydrogen-bond donors (Lipinski definition) is 1. The van der Waals surface area contributed by atoms with Gasteiger partial charge in [-0.1, -0.05) is 23.7 Å². The number of benzene rings is 1. The molecule has 5 aromatic rings. The molecule has 1 aliphatic heterocycles. The van der Waals surface area contributed by atoms with Gasteiger partial charge in [-0.05, 0) is 19.1 Å². The Morgan fingerprint density at radius 1 is 1.17 bits per heavy atom. The zero-order chi connectivity index (χ0) is 20.4. The summed E-state index contributed by atoms with van der Waals surface area (Å²) >= 11 is 6.38. The Morgan fingerprint density at radius 2 is 2.03 bits per heavy atom. The summed E-state index contributed by atoms with van der Waals surface area (Å²) in [6.07, 6.45) is 5.40. The van der Waals surface area contributed by atoms with Gasteiger partial charge in [0.15, 0.2) is 11.5 Å². The first kappa shape index (κ1) is 17.2. The van der Waals surface area contributed by atoms with E-state index in [4.69, 9.17) is 21.3 Å². The fraction of sp³-hybridized carbons (Fsp3) is 0.150. The standard InChI is InChI=1S/C20H15ClN8O/c1-10-14-15(11-7-23-28(2)8-11)16-18-24-17(12-5-3-4-6-13(12)21)27-29(18)9-22-19(16)30-20(14)26-25-10/h3-9,15H,1-2H3,(H,25,26)/t15-/m1/s1. The van der Waals surface area contributed by atoms with Gasteiger partial charge in [0.2, 0.25) is 11.8 Å². The number of aromatic nitrogens is 8. The minimum absolute atomic E-state index is 0.198. The van der Waals surface area contributed by atoms with Gasteiger partial charge in [0.1, 0.15) is 6.33 Å². The van der Waals surface area contributed by atoms with E-state index in [0.717, 1.165) is 27.9 Å². The van der Waals surface area contributed by atoms with Crippen molar-refractivity contribution < 1.29 is 4.74 Å². The van der Waals surface area contributed by atoms with E-state index in [-0.39, 0.29) is 5.92 Å². The van der Waals surface area contributed by atoms with Gasteiger partial charge < -0.3 is 4.74 Å². The van der Waals surface area contributed by atoms with Gasteiger partial charge in [-0.15, -0.1) is 10.2 Å². The zero-order valence-corrected chi connectivity index (χ0v) is 16.8. The van der Waals surface area contributed by atoms with Crippen molar-refractivity contribution in [1.29, 1.82) is 0 Å². The number of aryl methyl sites for hydroxylation is 2. The maximum absolute atomic E-state index is 6.38. The van der Waals surface area contributed by atoms with Crippen LogP contribution in [0, 0.1) is 6.92 Å². The van der Waals surface area contributed by atoms with Gasteiger partial charge in [-0.2, -0.15) is 5.10 Å². The third-order valence-electron chi connectivity index (χ3n) is 5.29. The third-order valence-corrected chi connectivity index (χ3v) is 5.62. The SMILES string of the molecule is Cc1[nH]nc2c1[C@@H](c1cnn(C)c1)c1c(ncn3nc(-c4ccccc4Cl)nc13)O2. The number of hydrogen-bond acceptors (Lipinski definition) is 6. The van der Waals surface area contributed by atoms with Gasteiger partial charge in [0.25, 0.3) is 0 Å². The molecule has 148 valence electrons. The normalized spacial score (nSPS) is 15.1. The van der Waals surface area contributed by atoms with Crippen LogP contribution in [0.2, 0.25) is 5.02 Å². The van der Waals surface area contributed by atoms with Crippen molar-refractivity contribution in [2.24, 2.45) is 7.05 Å². The molecular formula is C20H15ClN8O. The molecule has 10 heteroatoms. The molecule has 0 spiro atoms. The highest BCUT2D eigenvalue weighted by molar-refractivity contribution is 6.33. The molecule has 0 bridgehead atoms. The number of fused-ring (bicyclic) bond motifs is 4. The van der Waals surface area contributed by atoms with E-state index in [1.165, 1.54) is 0 Å². The Kier molecular flexibility index (Phi) is 3.51. The van der Waals surface area contributed by atoms with Crippen molar-refractivity contribution in [2.45, 2.75) is 12.8 Å². The van der Waals surface area contributed by atoms with Crippen molar-refractivity contribution in [3.8, 4) is 23.1 Å². The lowest BCUT2D eigenvalue weighted by Gasteiger charge is -2.24. The second kappa shape index (κ2) is 6.14. The molecule has 0 radical (unpaired) electrons. The van der Waals surface area contributed by atoms with E-state index in [1.807, 2.05) is 50.6 Å². The summed E-state index contributed by atoms with van der Waals surface area (Å²) in [6, 6.07) is 7.49. The van der Waals surface area contributed by atoms with E-state index < -0.39 is 0 Å². The van der Waals surface area contributed by atoms with Gasteiger partial charge in [0.05, 0.1) is 22.7 Å². The highest BCUT2D eigenvalue weighted by Crippen LogP contribution is 2.48. The maximum atomic E-state index is 6.38. The highest BCUT2D eigenvalue weighted by atomic mass is 35.5. The van der Waals surface area contributed by atoms with Crippen LogP contribution in [0.5, 0.6) is 11.8 Å². The molecule has 9 nitrogen and oxygen atoms in total. The summed E-state index contributed by atoms with van der Waals surface area (Å²) in [4.78, 5) is 9.31. The molecule has 1 N–H and O–H groups in total. The molecule has 30 heavy (non-hydrogen) atoms. The summed E-state index contributed by atoms with van der Waals surface area (Å²) < 4.78 is 9.44. The van der Waals surface area contributed by atoms with Crippen LogP contribution in [0.1, 0.15) is 28.3 Å². The van der Waals surface area contributed by atoms with Crippen LogP contribution >= 0.6 is 11.6 Å². The average molecular weight is 419 g/mol. The molecule has 0 unspecified atom stereocenters. The largest absolute Gasteiger partial charge is 0.418 e. The van der Waals surface area contributed by atoms with Crippen LogP contribution in [-0.2, 0) is 7.05 Å². The topological polar surface area (TPSA) is 98.8 Å². The van der Waals surface area contributed by atoms with Gasteiger partial charge in [-0.3, -0.25) is 9.78 Å². The van der Waals surface area contributed by atoms with E-state index in [9.17, 15) is 0 Å². The summed E-state index contributed by atoms with van der Waals surface area (Å²) in [6.45, 7) is 1.97. The molecule has 1 atom stereocenters. The summed E-state index contributed by atoms with van der Waals surface area (Å²) in [5.41, 5.74) is 5.06. The second-order valence-corrected chi connectivity index (χ2v) is 7.60. The molecule has 4 aromatic heterocycles. The molecule has 1 aromatic carbocycles. The fourth-order valence-electron chi connectivity index (χ4n) is 3.94. The van der Waals surface area contributed by atoms with Crippen molar-refractivity contribution in [3.63, 3.8) is 0 Å². The van der Waals surface area contributed by atoms with Crippen LogP contribution in [0.3, 0.4) is 0 Å². The Morgan fingerprint density at radius 3 is 2.83 bits per heavy atom. The summed E-state index contributed by atoms with van der Waals surface area (Å²) in [7, 11) is 1.89. The molecular weight excluding hydrogens is 404 g/mol. The first-order valence-electron chi connectivity index (χ1n) is 9.31. The minimum Gasteiger partial charge on any atom is -0.418 e. The van der Waals surface area contributed by atoms with E-state index in [1.54, 1.807) is 15.5 Å². The van der Waals surface area contributed by atoms with Gasteiger partial charge in [0, 0.05) is 35.6 Å². The van der Waals surface area contributed by atoms with Gasteiger partial charge in [-0.25, -0.2) is 14.5 Å². The Hall–Kier alpha value is -3.72. The highest BCUT2D eigenvalue weighted by Gasteiger charge is 2.37. The summed E-state index contributed by atoms with van der Waals surface area (Å²) in [5.74, 6) is 1.29. The van der Waals surface area contributed by atoms with Crippen LogP contribution < -0.4 is 4.74 Å². The zero-order valence-electron chi connectivity index (χ0n) is 16.0. The van der Waals surface area contributed by atoms with Crippen LogP contribution in [0.15, 0.2) is 43.0 Å². The molecule has 5 heterocycles. The van der Waals surface area contributed by atoms with Crippen molar-refractivity contribution in [3.05, 3.63) is 70.4 Å². The van der Waals surface area contributed by atoms with Crippen LogP contribution in [-0.4, -0.2) is 39.6 Å². The van der Waals surface area contributed by atoms with Crippen LogP contribution in [0.25, 0.3) is 17.0 Å². The lowest BCUT2D eigenvalue weighted by atomic mass is 9.86. The van der Waals surface area contributed by atoms with Crippen molar-refractivity contribution in [2.75, 3.05) is 0 Å². The maximum Gasteiger partial charge on any atom is 0.244 e. The Bertz CT molecular complexity index is 1430. The Balaban J connectivity index is 1.64. The number of nitrogens with zero attached hydrogens (tertiary/aromatic N) is 7. The number of nitrogens with one attached hydrogen (secondary N) is 1. The molecule has 1 aliphatic rings. The molecule has 0 fully saturated rings. The first-order chi connectivity index (χ1) is 14.6. The number of halogens is 1. The second-order valence-electron chi connectivity index (χ2n) is 7.20. The molecule has 0 amide bonds. The number of aromatic amines is 1. The molecule has 0 saturated carbocycles. The lowest BCUT2D eigenvalue weighted by molar-refractivity contribution is 0.416. The number of H-pyrrole nitrogens is 1. The average Bonchev–Trinajstić information content (AvgIpc) is 3.45. The third kappa shape index (κ3) is 2.38. The molecule has 6 rings (SSSR count). The molecule has 0 saturated heterocycles. The molecule has 0 aliphatic carbocycles. The minimum atomic E-state index is -0.198. The number of ether oxygens (including phenoxy) is 1.